The minimum Gasteiger partial charge on any atom is -0.497 e. The second-order valence-corrected chi connectivity index (χ2v) is 5.31. The Morgan fingerprint density at radius 2 is 1.92 bits per heavy atom. The van der Waals surface area contributed by atoms with E-state index in [1.54, 1.807) is 44.4 Å². The number of anilines is 2. The number of benzene rings is 2. The summed E-state index contributed by atoms with van der Waals surface area (Å²) in [4.78, 5) is 16.7. The number of amides is 1. The van der Waals surface area contributed by atoms with Gasteiger partial charge in [0, 0.05) is 18.3 Å². The lowest BCUT2D eigenvalue weighted by Crippen LogP contribution is -2.15. The van der Waals surface area contributed by atoms with Gasteiger partial charge in [0.05, 0.1) is 19.2 Å². The number of hydrogen-bond donors (Lipinski definition) is 2. The van der Waals surface area contributed by atoms with Crippen LogP contribution in [0.15, 0.2) is 53.1 Å². The molecular weight excluding hydrogens is 320 g/mol. The van der Waals surface area contributed by atoms with Crippen molar-refractivity contribution in [3.63, 3.8) is 0 Å². The van der Waals surface area contributed by atoms with E-state index in [0.717, 1.165) is 5.75 Å². The molecule has 3 aromatic rings. The zero-order valence-electron chi connectivity index (χ0n) is 13.9. The number of ether oxygens (including phenoxy) is 1. The molecule has 7 nitrogen and oxygen atoms in total. The maximum atomic E-state index is 12.6. The van der Waals surface area contributed by atoms with Crippen LogP contribution in [0.2, 0.25) is 0 Å². The monoisotopic (exact) mass is 338 g/mol. The molecule has 25 heavy (non-hydrogen) atoms. The summed E-state index contributed by atoms with van der Waals surface area (Å²) in [6.07, 6.45) is 0. The Hall–Kier alpha value is -3.35. The summed E-state index contributed by atoms with van der Waals surface area (Å²) in [7, 11) is 1.60. The van der Waals surface area contributed by atoms with E-state index in [2.05, 4.69) is 20.8 Å². The molecule has 7 heteroatoms. The van der Waals surface area contributed by atoms with E-state index >= 15 is 0 Å². The van der Waals surface area contributed by atoms with Crippen molar-refractivity contribution < 1.29 is 14.1 Å². The summed E-state index contributed by atoms with van der Waals surface area (Å²) >= 11 is 0. The van der Waals surface area contributed by atoms with Crippen molar-refractivity contribution in [2.24, 2.45) is 0 Å². The van der Waals surface area contributed by atoms with Crippen LogP contribution in [-0.4, -0.2) is 23.2 Å². The van der Waals surface area contributed by atoms with Crippen LogP contribution in [-0.2, 0) is 6.54 Å². The lowest BCUT2D eigenvalue weighted by atomic mass is 10.1. The molecule has 2 aromatic carbocycles. The van der Waals surface area contributed by atoms with E-state index in [0.29, 0.717) is 35.2 Å². The molecule has 0 radical (unpaired) electrons. The van der Waals surface area contributed by atoms with Crippen LogP contribution in [0.4, 0.5) is 11.4 Å². The predicted octanol–water partition coefficient (Wildman–Crippen LogP) is 3.25. The van der Waals surface area contributed by atoms with Crippen LogP contribution in [0.3, 0.4) is 0 Å². The number of carbonyl (C=O) groups is 1. The summed E-state index contributed by atoms with van der Waals surface area (Å²) in [6, 6.07) is 14.4. The first kappa shape index (κ1) is 16.5. The van der Waals surface area contributed by atoms with Crippen molar-refractivity contribution in [1.29, 1.82) is 0 Å². The SMILES string of the molecule is COc1ccc(NC(=O)c2ccccc2NCc2noc(C)n2)cc1. The largest absolute Gasteiger partial charge is 0.497 e. The highest BCUT2D eigenvalue weighted by molar-refractivity contribution is 6.08. The maximum absolute atomic E-state index is 12.6. The molecule has 0 saturated heterocycles. The fraction of sp³-hybridized carbons (Fsp3) is 0.167. The van der Waals surface area contributed by atoms with E-state index in [1.807, 2.05) is 18.2 Å². The third-order valence-electron chi connectivity index (χ3n) is 3.53. The van der Waals surface area contributed by atoms with Crippen LogP contribution in [0.1, 0.15) is 22.1 Å². The fourth-order valence-electron chi connectivity index (χ4n) is 2.30. The minimum atomic E-state index is -0.211. The Labute approximate surface area is 145 Å². The molecular formula is C18H18N4O3. The van der Waals surface area contributed by atoms with Crippen LogP contribution < -0.4 is 15.4 Å². The minimum absolute atomic E-state index is 0.211. The van der Waals surface area contributed by atoms with Crippen molar-refractivity contribution in [3.8, 4) is 5.75 Å². The Morgan fingerprint density at radius 3 is 2.60 bits per heavy atom. The van der Waals surface area contributed by atoms with Gasteiger partial charge in [-0.1, -0.05) is 17.3 Å². The number of nitrogens with one attached hydrogen (secondary N) is 2. The molecule has 1 amide bonds. The molecule has 1 heterocycles. The second kappa shape index (κ2) is 7.48. The van der Waals surface area contributed by atoms with Gasteiger partial charge >= 0.3 is 0 Å². The average molecular weight is 338 g/mol. The zero-order valence-corrected chi connectivity index (χ0v) is 13.9. The van der Waals surface area contributed by atoms with Crippen LogP contribution in [0.25, 0.3) is 0 Å². The van der Waals surface area contributed by atoms with E-state index in [4.69, 9.17) is 9.26 Å². The number of nitrogens with zero attached hydrogens (tertiary/aromatic N) is 2. The first-order chi connectivity index (χ1) is 12.2. The number of aryl methyl sites for hydroxylation is 1. The van der Waals surface area contributed by atoms with E-state index in [9.17, 15) is 4.79 Å². The lowest BCUT2D eigenvalue weighted by molar-refractivity contribution is 0.102. The Morgan fingerprint density at radius 1 is 1.16 bits per heavy atom. The molecule has 128 valence electrons. The highest BCUT2D eigenvalue weighted by Crippen LogP contribution is 2.20. The number of hydrogen-bond acceptors (Lipinski definition) is 6. The van der Waals surface area contributed by atoms with Gasteiger partial charge in [-0.3, -0.25) is 4.79 Å². The van der Waals surface area contributed by atoms with Gasteiger partial charge in [0.2, 0.25) is 5.89 Å². The van der Waals surface area contributed by atoms with Crippen molar-refractivity contribution in [3.05, 3.63) is 65.8 Å². The number of rotatable bonds is 6. The summed E-state index contributed by atoms with van der Waals surface area (Å²) < 4.78 is 10.0. The molecule has 0 unspecified atom stereocenters. The maximum Gasteiger partial charge on any atom is 0.257 e. The summed E-state index contributed by atoms with van der Waals surface area (Å²) in [5.41, 5.74) is 1.91. The third-order valence-corrected chi connectivity index (χ3v) is 3.53. The van der Waals surface area contributed by atoms with Gasteiger partial charge in [0.15, 0.2) is 5.82 Å². The van der Waals surface area contributed by atoms with Gasteiger partial charge in [-0.15, -0.1) is 0 Å². The summed E-state index contributed by atoms with van der Waals surface area (Å²) in [6.45, 7) is 2.09. The van der Waals surface area contributed by atoms with Crippen LogP contribution in [0, 0.1) is 6.92 Å². The van der Waals surface area contributed by atoms with Crippen LogP contribution >= 0.6 is 0 Å². The molecule has 1 aromatic heterocycles. The predicted molar refractivity (Wildman–Crippen MR) is 93.8 cm³/mol. The molecule has 0 aliphatic carbocycles. The Kier molecular flexibility index (Phi) is 4.94. The molecule has 2 N–H and O–H groups in total. The topological polar surface area (TPSA) is 89.3 Å². The van der Waals surface area contributed by atoms with Gasteiger partial charge in [-0.05, 0) is 36.4 Å². The molecule has 0 fully saturated rings. The second-order valence-electron chi connectivity index (χ2n) is 5.31. The average Bonchev–Trinajstić information content (AvgIpc) is 3.06. The van der Waals surface area contributed by atoms with Gasteiger partial charge in [0.25, 0.3) is 5.91 Å². The van der Waals surface area contributed by atoms with Crippen molar-refractivity contribution in [2.75, 3.05) is 17.7 Å². The van der Waals surface area contributed by atoms with Gasteiger partial charge in [-0.2, -0.15) is 4.98 Å². The van der Waals surface area contributed by atoms with E-state index in [1.165, 1.54) is 0 Å². The molecule has 0 aliphatic rings. The molecule has 0 aliphatic heterocycles. The molecule has 3 rings (SSSR count). The first-order valence-corrected chi connectivity index (χ1v) is 7.73. The first-order valence-electron chi connectivity index (χ1n) is 7.73. The van der Waals surface area contributed by atoms with E-state index < -0.39 is 0 Å². The lowest BCUT2D eigenvalue weighted by Gasteiger charge is -2.11. The fourth-order valence-corrected chi connectivity index (χ4v) is 2.30. The van der Waals surface area contributed by atoms with Gasteiger partial charge in [-0.25, -0.2) is 0 Å². The normalized spacial score (nSPS) is 10.3. The standard InChI is InChI=1S/C18H18N4O3/c1-12-20-17(22-25-12)11-19-16-6-4-3-5-15(16)18(23)21-13-7-9-14(24-2)10-8-13/h3-10,19H,11H2,1-2H3,(H,21,23). The van der Waals surface area contributed by atoms with Gasteiger partial charge in [0.1, 0.15) is 5.75 Å². The molecule has 0 saturated carbocycles. The molecule has 0 spiro atoms. The number of carbonyl (C=O) groups excluding carboxylic acids is 1. The zero-order chi connectivity index (χ0) is 17.6. The third kappa shape index (κ3) is 4.14. The smallest absolute Gasteiger partial charge is 0.257 e. The molecule has 0 bridgehead atoms. The Balaban J connectivity index is 1.71. The molecule has 0 atom stereocenters. The Bertz CT molecular complexity index is 859. The van der Waals surface area contributed by atoms with E-state index in [-0.39, 0.29) is 5.91 Å². The quantitative estimate of drug-likeness (QED) is 0.717. The number of aromatic nitrogens is 2. The highest BCUT2D eigenvalue weighted by atomic mass is 16.5. The van der Waals surface area contributed by atoms with Gasteiger partial charge < -0.3 is 19.9 Å². The summed E-state index contributed by atoms with van der Waals surface area (Å²) in [5, 5.41) is 9.86. The highest BCUT2D eigenvalue weighted by Gasteiger charge is 2.12. The number of methoxy groups -OCH3 is 1. The van der Waals surface area contributed by atoms with Crippen LogP contribution in [0.5, 0.6) is 5.75 Å². The van der Waals surface area contributed by atoms with Crippen molar-refractivity contribution in [2.45, 2.75) is 13.5 Å². The summed E-state index contributed by atoms with van der Waals surface area (Å²) in [5.74, 6) is 1.55. The number of para-hydroxylation sites is 1. The van der Waals surface area contributed by atoms with Crippen molar-refractivity contribution in [1.82, 2.24) is 10.1 Å². The van der Waals surface area contributed by atoms with Crippen molar-refractivity contribution >= 4 is 17.3 Å².